The second kappa shape index (κ2) is 12.6. The first kappa shape index (κ1) is 25.9. The predicted octanol–water partition coefficient (Wildman–Crippen LogP) is 3.06. The van der Waals surface area contributed by atoms with E-state index >= 15 is 0 Å². The molecule has 2 rings (SSSR count). The molecule has 1 atom stereocenters. The van der Waals surface area contributed by atoms with Crippen LogP contribution in [0.25, 0.3) is 0 Å². The minimum absolute atomic E-state index is 0.0150. The lowest BCUT2D eigenvalue weighted by molar-refractivity contribution is 0.105. The van der Waals surface area contributed by atoms with Gasteiger partial charge in [0.1, 0.15) is 23.1 Å². The van der Waals surface area contributed by atoms with Crippen LogP contribution in [0.3, 0.4) is 0 Å². The largest absolute Gasteiger partial charge is 0.495 e. The second-order valence-corrected chi connectivity index (χ2v) is 8.55. The van der Waals surface area contributed by atoms with E-state index in [1.165, 1.54) is 19.2 Å². The van der Waals surface area contributed by atoms with Crippen LogP contribution < -0.4 is 24.4 Å². The highest BCUT2D eigenvalue weighted by Gasteiger charge is 2.20. The average Bonchev–Trinajstić information content (AvgIpc) is 2.76. The highest BCUT2D eigenvalue weighted by molar-refractivity contribution is 7.89. The molecular formula is C22H31FN2O6S. The van der Waals surface area contributed by atoms with Gasteiger partial charge in [0.25, 0.3) is 10.0 Å². The molecule has 0 bridgehead atoms. The molecule has 1 unspecified atom stereocenters. The van der Waals surface area contributed by atoms with Gasteiger partial charge < -0.3 is 19.5 Å². The van der Waals surface area contributed by atoms with E-state index in [9.17, 15) is 12.8 Å². The van der Waals surface area contributed by atoms with Crippen molar-refractivity contribution < 1.29 is 31.9 Å². The van der Waals surface area contributed by atoms with Crippen molar-refractivity contribution >= 4 is 10.0 Å². The molecule has 0 amide bonds. The van der Waals surface area contributed by atoms with Crippen molar-refractivity contribution in [1.29, 1.82) is 0 Å². The molecule has 0 saturated carbocycles. The second-order valence-electron chi connectivity index (χ2n) is 6.94. The van der Waals surface area contributed by atoms with Crippen molar-refractivity contribution in [3.63, 3.8) is 0 Å². The van der Waals surface area contributed by atoms with Crippen LogP contribution in [-0.2, 0) is 21.3 Å². The normalized spacial score (nSPS) is 12.4. The van der Waals surface area contributed by atoms with Crippen molar-refractivity contribution in [2.24, 2.45) is 0 Å². The van der Waals surface area contributed by atoms with E-state index in [-0.39, 0.29) is 29.1 Å². The van der Waals surface area contributed by atoms with Crippen molar-refractivity contribution in [2.45, 2.75) is 38.1 Å². The van der Waals surface area contributed by atoms with Crippen LogP contribution in [0, 0.1) is 5.82 Å². The van der Waals surface area contributed by atoms with Gasteiger partial charge in [0.05, 0.1) is 20.3 Å². The zero-order valence-corrected chi connectivity index (χ0v) is 19.6. The van der Waals surface area contributed by atoms with Crippen LogP contribution in [0.5, 0.6) is 17.2 Å². The maximum absolute atomic E-state index is 13.4. The van der Waals surface area contributed by atoms with E-state index in [0.29, 0.717) is 37.7 Å². The van der Waals surface area contributed by atoms with Gasteiger partial charge in [-0.2, -0.15) is 0 Å². The van der Waals surface area contributed by atoms with Crippen LogP contribution in [0.1, 0.15) is 26.3 Å². The summed E-state index contributed by atoms with van der Waals surface area (Å²) in [7, 11) is -2.45. The summed E-state index contributed by atoms with van der Waals surface area (Å²) in [6.45, 7) is 7.00. The molecular weight excluding hydrogens is 439 g/mol. The number of sulfonamides is 1. The van der Waals surface area contributed by atoms with Crippen molar-refractivity contribution in [2.75, 3.05) is 33.5 Å². The van der Waals surface area contributed by atoms with Crippen molar-refractivity contribution in [3.05, 3.63) is 47.8 Å². The topological polar surface area (TPSA) is 95.1 Å². The molecule has 0 aliphatic rings. The standard InChI is InChI=1S/C22H31FN2O6S/c1-5-29-21-15-18(23)8-10-19(21)30-12-11-24-16(3)13-17-7-9-20(28-4)22(14-17)32(26,27)25-31-6-2/h7-10,14-16,24-25H,5-6,11-13H2,1-4H3. The Balaban J connectivity index is 1.93. The maximum atomic E-state index is 13.4. The van der Waals surface area contributed by atoms with Gasteiger partial charge in [-0.1, -0.05) is 11.0 Å². The Morgan fingerprint density at radius 3 is 2.44 bits per heavy atom. The summed E-state index contributed by atoms with van der Waals surface area (Å²) < 4.78 is 54.6. The van der Waals surface area contributed by atoms with E-state index in [1.807, 2.05) is 19.9 Å². The predicted molar refractivity (Wildman–Crippen MR) is 119 cm³/mol. The fourth-order valence-corrected chi connectivity index (χ4v) is 4.09. The first-order chi connectivity index (χ1) is 15.3. The zero-order valence-electron chi connectivity index (χ0n) is 18.8. The van der Waals surface area contributed by atoms with Crippen LogP contribution in [0.2, 0.25) is 0 Å². The molecule has 2 N–H and O–H groups in total. The number of benzene rings is 2. The van der Waals surface area contributed by atoms with Gasteiger partial charge in [0.15, 0.2) is 11.5 Å². The lowest BCUT2D eigenvalue weighted by Gasteiger charge is -2.17. The van der Waals surface area contributed by atoms with Gasteiger partial charge in [0.2, 0.25) is 0 Å². The summed E-state index contributed by atoms with van der Waals surface area (Å²) in [4.78, 5) is 6.95. The smallest absolute Gasteiger partial charge is 0.266 e. The molecule has 0 aliphatic heterocycles. The molecule has 0 fully saturated rings. The molecule has 0 aromatic heterocycles. The van der Waals surface area contributed by atoms with Crippen molar-refractivity contribution in [1.82, 2.24) is 10.2 Å². The zero-order chi connectivity index (χ0) is 23.6. The Hall–Kier alpha value is -2.40. The molecule has 0 saturated heterocycles. The Labute approximate surface area is 189 Å². The third kappa shape index (κ3) is 7.63. The lowest BCUT2D eigenvalue weighted by Crippen LogP contribution is -2.32. The Morgan fingerprint density at radius 2 is 1.75 bits per heavy atom. The minimum atomic E-state index is -3.86. The quantitative estimate of drug-likeness (QED) is 0.324. The van der Waals surface area contributed by atoms with Gasteiger partial charge in [-0.25, -0.2) is 12.8 Å². The molecule has 32 heavy (non-hydrogen) atoms. The van der Waals surface area contributed by atoms with Crippen LogP contribution in [-0.4, -0.2) is 47.9 Å². The lowest BCUT2D eigenvalue weighted by atomic mass is 10.1. The monoisotopic (exact) mass is 470 g/mol. The summed E-state index contributed by atoms with van der Waals surface area (Å²) in [5.41, 5.74) is 0.820. The summed E-state index contributed by atoms with van der Waals surface area (Å²) in [5, 5.41) is 3.32. The number of halogens is 1. The third-order valence-corrected chi connectivity index (χ3v) is 5.67. The molecule has 2 aromatic carbocycles. The van der Waals surface area contributed by atoms with Crippen LogP contribution in [0.4, 0.5) is 4.39 Å². The number of rotatable bonds is 14. The molecule has 10 heteroatoms. The van der Waals surface area contributed by atoms with Crippen molar-refractivity contribution in [3.8, 4) is 17.2 Å². The van der Waals surface area contributed by atoms with Gasteiger partial charge in [-0.15, -0.1) is 0 Å². The van der Waals surface area contributed by atoms with E-state index < -0.39 is 10.0 Å². The summed E-state index contributed by atoms with van der Waals surface area (Å²) in [6.07, 6.45) is 0.585. The fourth-order valence-electron chi connectivity index (χ4n) is 3.00. The number of hydrogen-bond acceptors (Lipinski definition) is 7. The van der Waals surface area contributed by atoms with E-state index in [2.05, 4.69) is 10.2 Å². The van der Waals surface area contributed by atoms with Gasteiger partial charge in [-0.3, -0.25) is 4.84 Å². The fraction of sp³-hybridized carbons (Fsp3) is 0.455. The Bertz CT molecular complexity index is 971. The first-order valence-electron chi connectivity index (χ1n) is 10.4. The molecule has 0 heterocycles. The molecule has 178 valence electrons. The summed E-state index contributed by atoms with van der Waals surface area (Å²) >= 11 is 0. The molecule has 0 radical (unpaired) electrons. The Morgan fingerprint density at radius 1 is 1.00 bits per heavy atom. The van der Waals surface area contributed by atoms with E-state index in [1.54, 1.807) is 25.1 Å². The van der Waals surface area contributed by atoms with E-state index in [4.69, 9.17) is 19.0 Å². The number of ether oxygens (including phenoxy) is 3. The van der Waals surface area contributed by atoms with Gasteiger partial charge in [0, 0.05) is 18.7 Å². The number of hydrogen-bond donors (Lipinski definition) is 2. The third-order valence-electron chi connectivity index (χ3n) is 4.43. The SMILES string of the molecule is CCONS(=O)(=O)c1cc(CC(C)NCCOc2ccc(F)cc2OCC)ccc1OC. The highest BCUT2D eigenvalue weighted by Crippen LogP contribution is 2.28. The average molecular weight is 471 g/mol. The van der Waals surface area contributed by atoms with Crippen LogP contribution in [0.15, 0.2) is 41.3 Å². The molecule has 8 nitrogen and oxygen atoms in total. The maximum Gasteiger partial charge on any atom is 0.266 e. The number of nitrogens with one attached hydrogen (secondary N) is 2. The summed E-state index contributed by atoms with van der Waals surface area (Å²) in [5.74, 6) is 0.701. The first-order valence-corrected chi connectivity index (χ1v) is 11.9. The number of methoxy groups -OCH3 is 1. The molecule has 0 aliphatic carbocycles. The van der Waals surface area contributed by atoms with E-state index in [0.717, 1.165) is 5.56 Å². The minimum Gasteiger partial charge on any atom is -0.495 e. The highest BCUT2D eigenvalue weighted by atomic mass is 32.2. The summed E-state index contributed by atoms with van der Waals surface area (Å²) in [6, 6.07) is 9.22. The van der Waals surface area contributed by atoms with Gasteiger partial charge in [-0.05, 0) is 57.0 Å². The van der Waals surface area contributed by atoms with Crippen LogP contribution >= 0.6 is 0 Å². The Kier molecular flexibility index (Phi) is 10.2. The van der Waals surface area contributed by atoms with Gasteiger partial charge >= 0.3 is 0 Å². The molecule has 0 spiro atoms. The molecule has 2 aromatic rings.